The second-order valence-corrected chi connectivity index (χ2v) is 6.90. The molecule has 0 unspecified atom stereocenters. The molecule has 2 atom stereocenters. The first-order valence-corrected chi connectivity index (χ1v) is 6.60. The number of hydrogen-bond acceptors (Lipinski definition) is 3. The van der Waals surface area contributed by atoms with Crippen LogP contribution in [-0.2, 0) is 4.74 Å². The Morgan fingerprint density at radius 2 is 1.58 bits per heavy atom. The Morgan fingerprint density at radius 1 is 1.05 bits per heavy atom. The molecule has 1 aromatic rings. The Labute approximate surface area is 113 Å². The first-order chi connectivity index (χ1) is 8.71. The van der Waals surface area contributed by atoms with Crippen LogP contribution in [0.15, 0.2) is 24.3 Å². The molecule has 1 aliphatic heterocycles. The molecule has 0 saturated carbocycles. The largest absolute Gasteiger partial charge is 0.345 e. The van der Waals surface area contributed by atoms with Crippen molar-refractivity contribution in [2.75, 3.05) is 0 Å². The van der Waals surface area contributed by atoms with E-state index in [0.717, 1.165) is 0 Å². The van der Waals surface area contributed by atoms with Crippen LogP contribution < -0.4 is 0 Å². The maximum Gasteiger partial charge on any atom is 0.198 e. The number of fused-ring (bicyclic) bond motifs is 2. The third-order valence-corrected chi connectivity index (χ3v) is 4.10. The summed E-state index contributed by atoms with van der Waals surface area (Å²) in [5, 5.41) is 0. The van der Waals surface area contributed by atoms with Gasteiger partial charge in [0.05, 0.1) is 0 Å². The zero-order valence-corrected chi connectivity index (χ0v) is 11.7. The smallest absolute Gasteiger partial charge is 0.198 e. The first-order valence-electron chi connectivity index (χ1n) is 6.60. The zero-order valence-electron chi connectivity index (χ0n) is 11.7. The van der Waals surface area contributed by atoms with Gasteiger partial charge in [0.1, 0.15) is 0 Å². The summed E-state index contributed by atoms with van der Waals surface area (Å²) < 4.78 is 5.74. The van der Waals surface area contributed by atoms with Gasteiger partial charge in [-0.3, -0.25) is 9.59 Å². The summed E-state index contributed by atoms with van der Waals surface area (Å²) in [4.78, 5) is 25.3. The number of benzene rings is 1. The molecule has 3 nitrogen and oxygen atoms in total. The summed E-state index contributed by atoms with van der Waals surface area (Å²) in [5.41, 5.74) is -0.980. The van der Waals surface area contributed by atoms with E-state index in [2.05, 4.69) is 20.8 Å². The lowest BCUT2D eigenvalue weighted by Gasteiger charge is -2.28. The van der Waals surface area contributed by atoms with Gasteiger partial charge < -0.3 is 4.74 Å². The van der Waals surface area contributed by atoms with Gasteiger partial charge in [-0.05, 0) is 18.8 Å². The summed E-state index contributed by atoms with van der Waals surface area (Å²) >= 11 is 0. The molecule has 1 saturated heterocycles. The van der Waals surface area contributed by atoms with Gasteiger partial charge in [-0.25, -0.2) is 0 Å². The molecule has 3 rings (SSSR count). The van der Waals surface area contributed by atoms with Crippen molar-refractivity contribution >= 4 is 11.6 Å². The van der Waals surface area contributed by atoms with Crippen LogP contribution in [0.1, 0.15) is 54.8 Å². The Hall–Kier alpha value is -1.48. The number of rotatable bonds is 1. The maximum atomic E-state index is 12.7. The minimum atomic E-state index is -0.967. The van der Waals surface area contributed by atoms with Crippen LogP contribution in [0.2, 0.25) is 0 Å². The molecule has 1 fully saturated rings. The summed E-state index contributed by atoms with van der Waals surface area (Å²) in [7, 11) is 0. The van der Waals surface area contributed by atoms with Crippen molar-refractivity contribution in [2.45, 2.75) is 45.3 Å². The number of hydrogen-bond donors (Lipinski definition) is 0. The van der Waals surface area contributed by atoms with Crippen molar-refractivity contribution in [2.24, 2.45) is 5.41 Å². The van der Waals surface area contributed by atoms with Gasteiger partial charge in [0.2, 0.25) is 0 Å². The average Bonchev–Trinajstić information content (AvgIpc) is 2.92. The highest BCUT2D eigenvalue weighted by Crippen LogP contribution is 2.59. The van der Waals surface area contributed by atoms with E-state index in [-0.39, 0.29) is 17.0 Å². The predicted octanol–water partition coefficient (Wildman–Crippen LogP) is 3.03. The van der Waals surface area contributed by atoms with Crippen LogP contribution >= 0.6 is 0 Å². The van der Waals surface area contributed by atoms with E-state index in [1.807, 2.05) is 0 Å². The van der Waals surface area contributed by atoms with Gasteiger partial charge >= 0.3 is 0 Å². The molecule has 1 heterocycles. The Morgan fingerprint density at radius 3 is 2.11 bits per heavy atom. The molecule has 3 heteroatoms. The molecule has 1 aromatic carbocycles. The van der Waals surface area contributed by atoms with Gasteiger partial charge in [-0.15, -0.1) is 0 Å². The van der Waals surface area contributed by atoms with Gasteiger partial charge in [-0.2, -0.15) is 0 Å². The van der Waals surface area contributed by atoms with Crippen molar-refractivity contribution in [3.05, 3.63) is 35.4 Å². The maximum absolute atomic E-state index is 12.7. The fourth-order valence-corrected chi connectivity index (χ4v) is 3.20. The number of carbonyl (C=O) groups excluding carboxylic acids is 2. The summed E-state index contributed by atoms with van der Waals surface area (Å²) in [6, 6.07) is 7.01. The molecular weight excluding hydrogens is 240 g/mol. The molecule has 0 spiro atoms. The second-order valence-electron chi connectivity index (χ2n) is 6.90. The fourth-order valence-electron chi connectivity index (χ4n) is 3.20. The monoisotopic (exact) mass is 258 g/mol. The van der Waals surface area contributed by atoms with E-state index in [1.165, 1.54) is 0 Å². The Bertz CT molecular complexity index is 596. The first kappa shape index (κ1) is 12.5. The number of ether oxygens (including phenoxy) is 1. The molecule has 0 amide bonds. The molecule has 100 valence electrons. The van der Waals surface area contributed by atoms with E-state index in [4.69, 9.17) is 4.74 Å². The topological polar surface area (TPSA) is 46.7 Å². The molecule has 0 N–H and O–H groups in total. The van der Waals surface area contributed by atoms with Crippen molar-refractivity contribution in [3.63, 3.8) is 0 Å². The number of epoxide rings is 1. The van der Waals surface area contributed by atoms with Crippen molar-refractivity contribution in [3.8, 4) is 0 Å². The standard InChI is InChI=1S/C16H18O3/c1-14(2,3)9-16-13(18)11-8-6-5-7-10(11)12(17)15(16,4)19-16/h5-8H,9H2,1-4H3/t15-,16+/m0/s1. The number of Topliss-reactive ketones (excluding diaryl/α,β-unsaturated/α-hetero) is 2. The van der Waals surface area contributed by atoms with E-state index in [1.54, 1.807) is 31.2 Å². The summed E-state index contributed by atoms with van der Waals surface area (Å²) in [5.74, 6) is -0.105. The van der Waals surface area contributed by atoms with Crippen LogP contribution in [0.5, 0.6) is 0 Å². The van der Waals surface area contributed by atoms with Crippen molar-refractivity contribution in [1.29, 1.82) is 0 Å². The fraction of sp³-hybridized carbons (Fsp3) is 0.500. The van der Waals surface area contributed by atoms with E-state index in [9.17, 15) is 9.59 Å². The lowest BCUT2D eigenvalue weighted by atomic mass is 9.69. The van der Waals surface area contributed by atoms with Gasteiger partial charge in [0, 0.05) is 11.1 Å². The van der Waals surface area contributed by atoms with Crippen LogP contribution in [-0.4, -0.2) is 22.8 Å². The quantitative estimate of drug-likeness (QED) is 0.727. The highest BCUT2D eigenvalue weighted by Gasteiger charge is 2.78. The minimum Gasteiger partial charge on any atom is -0.345 e. The zero-order chi connectivity index (χ0) is 14.1. The molecule has 0 aromatic heterocycles. The molecule has 0 radical (unpaired) electrons. The van der Waals surface area contributed by atoms with E-state index >= 15 is 0 Å². The van der Waals surface area contributed by atoms with Gasteiger partial charge in [0.15, 0.2) is 22.8 Å². The van der Waals surface area contributed by atoms with Crippen LogP contribution in [0, 0.1) is 5.41 Å². The SMILES string of the molecule is CC(C)(C)C[C@]12O[C@@]1(C)C(=O)c1ccccc1C2=O. The number of carbonyl (C=O) groups is 2. The predicted molar refractivity (Wildman–Crippen MR) is 71.4 cm³/mol. The summed E-state index contributed by atoms with van der Waals surface area (Å²) in [6.07, 6.45) is 0.565. The Kier molecular flexibility index (Phi) is 2.21. The lowest BCUT2D eigenvalue weighted by Crippen LogP contribution is -2.45. The second kappa shape index (κ2) is 3.34. The third kappa shape index (κ3) is 1.48. The molecule has 2 aliphatic rings. The van der Waals surface area contributed by atoms with Crippen molar-refractivity contribution < 1.29 is 14.3 Å². The highest BCUT2D eigenvalue weighted by atomic mass is 16.6. The molecular formula is C16H18O3. The third-order valence-electron chi connectivity index (χ3n) is 4.10. The van der Waals surface area contributed by atoms with Gasteiger partial charge in [-0.1, -0.05) is 45.0 Å². The van der Waals surface area contributed by atoms with E-state index in [0.29, 0.717) is 17.5 Å². The Balaban J connectivity index is 2.14. The normalized spacial score (nSPS) is 32.8. The number of ketones is 2. The molecule has 1 aliphatic carbocycles. The van der Waals surface area contributed by atoms with Crippen LogP contribution in [0.3, 0.4) is 0 Å². The minimum absolute atomic E-state index is 0.0416. The lowest BCUT2D eigenvalue weighted by molar-refractivity contribution is 0.0806. The average molecular weight is 258 g/mol. The van der Waals surface area contributed by atoms with Crippen LogP contribution in [0.4, 0.5) is 0 Å². The molecule has 0 bridgehead atoms. The van der Waals surface area contributed by atoms with Crippen molar-refractivity contribution in [1.82, 2.24) is 0 Å². The van der Waals surface area contributed by atoms with Crippen LogP contribution in [0.25, 0.3) is 0 Å². The molecule has 19 heavy (non-hydrogen) atoms. The van der Waals surface area contributed by atoms with Gasteiger partial charge in [0.25, 0.3) is 0 Å². The highest BCUT2D eigenvalue weighted by molar-refractivity contribution is 6.24. The summed E-state index contributed by atoms with van der Waals surface area (Å²) in [6.45, 7) is 7.92. The van der Waals surface area contributed by atoms with E-state index < -0.39 is 11.2 Å².